The highest BCUT2D eigenvalue weighted by Crippen LogP contribution is 2.32. The first kappa shape index (κ1) is 19.5. The van der Waals surface area contributed by atoms with Crippen molar-refractivity contribution in [3.8, 4) is 17.1 Å². The summed E-state index contributed by atoms with van der Waals surface area (Å²) in [5.41, 5.74) is 0.590. The third-order valence-electron chi connectivity index (χ3n) is 3.98. The van der Waals surface area contributed by atoms with Crippen molar-refractivity contribution < 1.29 is 27.1 Å². The van der Waals surface area contributed by atoms with Gasteiger partial charge in [-0.3, -0.25) is 4.79 Å². The smallest absolute Gasteiger partial charge is 0.416 e. The molecule has 1 N–H and O–H groups in total. The average Bonchev–Trinajstić information content (AvgIpc) is 3.16. The molecule has 0 aliphatic heterocycles. The Morgan fingerprint density at radius 1 is 1.07 bits per heavy atom. The summed E-state index contributed by atoms with van der Waals surface area (Å²) >= 11 is 0. The van der Waals surface area contributed by atoms with E-state index in [2.05, 4.69) is 5.32 Å². The van der Waals surface area contributed by atoms with Gasteiger partial charge in [-0.15, -0.1) is 0 Å². The van der Waals surface area contributed by atoms with Crippen LogP contribution in [0, 0.1) is 6.92 Å². The molecule has 0 aliphatic rings. The fraction of sp³-hybridized carbons (Fsp3) is 0.190. The number of carbonyl (C=O) groups is 1. The molecule has 0 aliphatic carbocycles. The number of hydrogen-bond acceptors (Lipinski definition) is 3. The second-order valence-corrected chi connectivity index (χ2v) is 6.16. The van der Waals surface area contributed by atoms with Crippen molar-refractivity contribution in [2.24, 2.45) is 0 Å². The molecule has 0 saturated carbocycles. The van der Waals surface area contributed by atoms with E-state index >= 15 is 0 Å². The van der Waals surface area contributed by atoms with Gasteiger partial charge in [-0.1, -0.05) is 29.8 Å². The normalized spacial score (nSPS) is 11.3. The highest BCUT2D eigenvalue weighted by atomic mass is 19.4. The Morgan fingerprint density at radius 3 is 2.54 bits per heavy atom. The van der Waals surface area contributed by atoms with Gasteiger partial charge in [0.1, 0.15) is 18.1 Å². The van der Waals surface area contributed by atoms with Crippen molar-refractivity contribution in [1.82, 2.24) is 5.32 Å². The summed E-state index contributed by atoms with van der Waals surface area (Å²) in [6, 6.07) is 15.2. The van der Waals surface area contributed by atoms with Crippen molar-refractivity contribution in [2.75, 3.05) is 13.2 Å². The summed E-state index contributed by atoms with van der Waals surface area (Å²) in [6.45, 7) is 2.50. The third kappa shape index (κ3) is 4.94. The summed E-state index contributed by atoms with van der Waals surface area (Å²) in [7, 11) is 0. The van der Waals surface area contributed by atoms with Crippen LogP contribution in [0.1, 0.15) is 21.7 Å². The van der Waals surface area contributed by atoms with E-state index in [-0.39, 0.29) is 30.2 Å². The molecule has 0 unspecified atom stereocenters. The van der Waals surface area contributed by atoms with Crippen molar-refractivity contribution in [3.05, 3.63) is 77.6 Å². The summed E-state index contributed by atoms with van der Waals surface area (Å²) in [5, 5.41) is 2.64. The highest BCUT2D eigenvalue weighted by molar-refractivity contribution is 5.92. The summed E-state index contributed by atoms with van der Waals surface area (Å²) in [6.07, 6.45) is -4.44. The van der Waals surface area contributed by atoms with Gasteiger partial charge < -0.3 is 14.5 Å². The van der Waals surface area contributed by atoms with E-state index in [4.69, 9.17) is 9.15 Å². The molecule has 0 fully saturated rings. The maximum Gasteiger partial charge on any atom is 0.416 e. The second-order valence-electron chi connectivity index (χ2n) is 6.16. The molecule has 2 aromatic carbocycles. The number of hydrogen-bond donors (Lipinski definition) is 1. The molecule has 3 rings (SSSR count). The third-order valence-corrected chi connectivity index (χ3v) is 3.98. The first-order valence-electron chi connectivity index (χ1n) is 8.58. The number of amides is 1. The molecule has 3 aromatic rings. The first-order chi connectivity index (χ1) is 13.3. The number of rotatable bonds is 6. The Hall–Kier alpha value is -3.22. The number of benzene rings is 2. The van der Waals surface area contributed by atoms with Gasteiger partial charge in [0.05, 0.1) is 12.1 Å². The quantitative estimate of drug-likeness (QED) is 0.598. The Bertz CT molecular complexity index is 946. The van der Waals surface area contributed by atoms with Gasteiger partial charge in [-0.25, -0.2) is 0 Å². The van der Waals surface area contributed by atoms with Crippen molar-refractivity contribution in [3.63, 3.8) is 0 Å². The Labute approximate surface area is 159 Å². The first-order valence-corrected chi connectivity index (χ1v) is 8.58. The van der Waals surface area contributed by atoms with Crippen LogP contribution >= 0.6 is 0 Å². The zero-order valence-corrected chi connectivity index (χ0v) is 15.0. The van der Waals surface area contributed by atoms with Crippen molar-refractivity contribution in [2.45, 2.75) is 13.1 Å². The number of nitrogens with one attached hydrogen (secondary N) is 1. The zero-order valence-electron chi connectivity index (χ0n) is 15.0. The number of aryl methyl sites for hydroxylation is 1. The largest absolute Gasteiger partial charge is 0.492 e. The molecule has 0 atom stereocenters. The minimum absolute atomic E-state index is 0.0164. The summed E-state index contributed by atoms with van der Waals surface area (Å²) in [4.78, 5) is 12.1. The standard InChI is InChI=1S/C21H18F3NO3/c1-14-5-7-17(8-6-14)27-12-11-25-20(26)19-10-9-18(28-19)15-3-2-4-16(13-15)21(22,23)24/h2-10,13H,11-12H2,1H3,(H,25,26). The topological polar surface area (TPSA) is 51.5 Å². The van der Waals surface area contributed by atoms with Crippen LogP contribution < -0.4 is 10.1 Å². The molecule has 0 radical (unpaired) electrons. The molecule has 4 nitrogen and oxygen atoms in total. The van der Waals surface area contributed by atoms with Gasteiger partial charge in [-0.05, 0) is 43.3 Å². The molecule has 1 aromatic heterocycles. The molecule has 146 valence electrons. The van der Waals surface area contributed by atoms with E-state index in [1.165, 1.54) is 24.3 Å². The zero-order chi connectivity index (χ0) is 20.1. The average molecular weight is 389 g/mol. The molecular formula is C21H18F3NO3. The maximum absolute atomic E-state index is 12.8. The van der Waals surface area contributed by atoms with Crippen LogP contribution in [0.2, 0.25) is 0 Å². The van der Waals surface area contributed by atoms with Crippen LogP contribution in [0.25, 0.3) is 11.3 Å². The van der Waals surface area contributed by atoms with Gasteiger partial charge in [-0.2, -0.15) is 13.2 Å². The highest BCUT2D eigenvalue weighted by Gasteiger charge is 2.30. The lowest BCUT2D eigenvalue weighted by molar-refractivity contribution is -0.137. The summed E-state index contributed by atoms with van der Waals surface area (Å²) < 4.78 is 49.4. The minimum Gasteiger partial charge on any atom is -0.492 e. The lowest BCUT2D eigenvalue weighted by Gasteiger charge is -2.08. The maximum atomic E-state index is 12.8. The van der Waals surface area contributed by atoms with E-state index in [0.29, 0.717) is 5.75 Å². The number of ether oxygens (including phenoxy) is 1. The fourth-order valence-corrected chi connectivity index (χ4v) is 2.52. The van der Waals surface area contributed by atoms with Crippen LogP contribution in [-0.4, -0.2) is 19.1 Å². The van der Waals surface area contributed by atoms with E-state index < -0.39 is 17.6 Å². The molecule has 0 spiro atoms. The van der Waals surface area contributed by atoms with Crippen LogP contribution in [-0.2, 0) is 6.18 Å². The minimum atomic E-state index is -4.44. The SMILES string of the molecule is Cc1ccc(OCCNC(=O)c2ccc(-c3cccc(C(F)(F)F)c3)o2)cc1. The lowest BCUT2D eigenvalue weighted by atomic mass is 10.1. The van der Waals surface area contributed by atoms with E-state index in [1.807, 2.05) is 31.2 Å². The summed E-state index contributed by atoms with van der Waals surface area (Å²) in [5.74, 6) is 0.435. The Balaban J connectivity index is 1.56. The fourth-order valence-electron chi connectivity index (χ4n) is 2.52. The molecule has 28 heavy (non-hydrogen) atoms. The van der Waals surface area contributed by atoms with Gasteiger partial charge >= 0.3 is 6.18 Å². The van der Waals surface area contributed by atoms with Crippen LogP contribution in [0.4, 0.5) is 13.2 Å². The molecule has 0 bridgehead atoms. The van der Waals surface area contributed by atoms with E-state index in [0.717, 1.165) is 17.7 Å². The molecule has 7 heteroatoms. The lowest BCUT2D eigenvalue weighted by Crippen LogP contribution is -2.27. The Kier molecular flexibility index (Phi) is 5.73. The van der Waals surface area contributed by atoms with Gasteiger partial charge in [0.2, 0.25) is 0 Å². The predicted molar refractivity (Wildman–Crippen MR) is 98.2 cm³/mol. The monoisotopic (exact) mass is 389 g/mol. The predicted octanol–water partition coefficient (Wildman–Crippen LogP) is 5.08. The molecule has 0 saturated heterocycles. The molecule has 1 amide bonds. The van der Waals surface area contributed by atoms with Crippen molar-refractivity contribution in [1.29, 1.82) is 0 Å². The number of halogens is 3. The van der Waals surface area contributed by atoms with Gasteiger partial charge in [0.25, 0.3) is 5.91 Å². The van der Waals surface area contributed by atoms with E-state index in [9.17, 15) is 18.0 Å². The molecule has 1 heterocycles. The second kappa shape index (κ2) is 8.21. The van der Waals surface area contributed by atoms with Crippen LogP contribution in [0.5, 0.6) is 5.75 Å². The van der Waals surface area contributed by atoms with Crippen molar-refractivity contribution >= 4 is 5.91 Å². The van der Waals surface area contributed by atoms with E-state index in [1.54, 1.807) is 0 Å². The number of furan rings is 1. The number of alkyl halides is 3. The van der Waals surface area contributed by atoms with Crippen LogP contribution in [0.15, 0.2) is 65.1 Å². The van der Waals surface area contributed by atoms with Gasteiger partial charge in [0, 0.05) is 5.56 Å². The Morgan fingerprint density at radius 2 is 1.82 bits per heavy atom. The number of carbonyl (C=O) groups excluding carboxylic acids is 1. The van der Waals surface area contributed by atoms with Crippen LogP contribution in [0.3, 0.4) is 0 Å². The van der Waals surface area contributed by atoms with Gasteiger partial charge in [0.15, 0.2) is 5.76 Å². The molecular weight excluding hydrogens is 371 g/mol.